The van der Waals surface area contributed by atoms with Crippen LogP contribution in [0, 0.1) is 0 Å². The van der Waals surface area contributed by atoms with Crippen molar-refractivity contribution in [1.82, 2.24) is 10.2 Å². The Bertz CT molecular complexity index is 445. The van der Waals surface area contributed by atoms with Gasteiger partial charge in [0.05, 0.1) is 4.88 Å². The lowest BCUT2D eigenvalue weighted by Gasteiger charge is -2.31. The first-order valence-electron chi connectivity index (χ1n) is 7.38. The minimum Gasteiger partial charge on any atom is -0.335 e. The summed E-state index contributed by atoms with van der Waals surface area (Å²) < 4.78 is 0. The van der Waals surface area contributed by atoms with Crippen molar-refractivity contribution in [1.29, 1.82) is 0 Å². The first-order chi connectivity index (χ1) is 9.24. The first kappa shape index (κ1) is 13.1. The Morgan fingerprint density at radius 3 is 3.05 bits per heavy atom. The number of thiophene rings is 1. The summed E-state index contributed by atoms with van der Waals surface area (Å²) in [6.45, 7) is 4.73. The van der Waals surface area contributed by atoms with Crippen LogP contribution in [-0.4, -0.2) is 36.5 Å². The molecule has 19 heavy (non-hydrogen) atoms. The molecule has 3 nitrogen and oxygen atoms in total. The third-order valence-corrected chi connectivity index (χ3v) is 5.34. The molecule has 1 aromatic rings. The molecule has 0 bridgehead atoms. The number of carbonyl (C=O) groups excluding carboxylic acids is 1. The number of hydrogen-bond donors (Lipinski definition) is 1. The van der Waals surface area contributed by atoms with Gasteiger partial charge in [0.1, 0.15) is 0 Å². The number of fused-ring (bicyclic) bond motifs is 1. The van der Waals surface area contributed by atoms with Gasteiger partial charge in [-0.3, -0.25) is 4.79 Å². The molecule has 1 N–H and O–H groups in total. The number of nitrogens with one attached hydrogen (secondary N) is 1. The normalized spacial score (nSPS) is 23.8. The Morgan fingerprint density at radius 1 is 1.37 bits per heavy atom. The maximum absolute atomic E-state index is 12.6. The molecule has 1 saturated heterocycles. The zero-order valence-electron chi connectivity index (χ0n) is 11.6. The van der Waals surface area contributed by atoms with E-state index < -0.39 is 0 Å². The molecule has 104 valence electrons. The molecular formula is C15H22N2OS. The van der Waals surface area contributed by atoms with E-state index in [4.69, 9.17) is 0 Å². The predicted molar refractivity (Wildman–Crippen MR) is 78.9 cm³/mol. The Labute approximate surface area is 119 Å². The molecule has 2 aliphatic rings. The van der Waals surface area contributed by atoms with E-state index in [0.717, 1.165) is 30.9 Å². The minimum absolute atomic E-state index is 0.242. The molecule has 2 heterocycles. The van der Waals surface area contributed by atoms with Crippen molar-refractivity contribution < 1.29 is 4.79 Å². The van der Waals surface area contributed by atoms with E-state index in [0.29, 0.717) is 6.04 Å². The third kappa shape index (κ3) is 2.84. The lowest BCUT2D eigenvalue weighted by atomic mass is 10.1. The smallest absolute Gasteiger partial charge is 0.264 e. The average Bonchev–Trinajstić information content (AvgIpc) is 2.69. The van der Waals surface area contributed by atoms with Gasteiger partial charge in [-0.05, 0) is 44.2 Å². The van der Waals surface area contributed by atoms with E-state index in [9.17, 15) is 4.79 Å². The van der Waals surface area contributed by atoms with Gasteiger partial charge in [-0.25, -0.2) is 0 Å². The summed E-state index contributed by atoms with van der Waals surface area (Å²) in [6.07, 6.45) is 6.23. The second-order valence-corrected chi connectivity index (χ2v) is 6.86. The van der Waals surface area contributed by atoms with E-state index in [1.165, 1.54) is 36.1 Å². The van der Waals surface area contributed by atoms with Crippen LogP contribution in [0.2, 0.25) is 0 Å². The van der Waals surface area contributed by atoms with Gasteiger partial charge in [-0.15, -0.1) is 11.3 Å². The molecule has 1 fully saturated rings. The van der Waals surface area contributed by atoms with E-state index in [1.807, 2.05) is 4.90 Å². The molecule has 3 rings (SSSR count). The summed E-state index contributed by atoms with van der Waals surface area (Å²) in [4.78, 5) is 17.0. The number of aryl methyl sites for hydroxylation is 2. The van der Waals surface area contributed by atoms with Crippen molar-refractivity contribution in [3.63, 3.8) is 0 Å². The van der Waals surface area contributed by atoms with Crippen LogP contribution in [-0.2, 0) is 12.8 Å². The number of rotatable bonds is 1. The largest absolute Gasteiger partial charge is 0.335 e. The molecule has 4 heteroatoms. The summed E-state index contributed by atoms with van der Waals surface area (Å²) in [7, 11) is 0. The summed E-state index contributed by atoms with van der Waals surface area (Å²) in [5.74, 6) is 0.242. The monoisotopic (exact) mass is 278 g/mol. The molecule has 0 spiro atoms. The lowest BCUT2D eigenvalue weighted by molar-refractivity contribution is 0.0714. The number of piperazine rings is 1. The van der Waals surface area contributed by atoms with Crippen molar-refractivity contribution in [2.45, 2.75) is 45.1 Å². The summed E-state index contributed by atoms with van der Waals surface area (Å²) in [5.41, 5.74) is 1.44. The average molecular weight is 278 g/mol. The molecule has 1 atom stereocenters. The van der Waals surface area contributed by atoms with Gasteiger partial charge in [0.25, 0.3) is 5.91 Å². The molecule has 0 aromatic carbocycles. The lowest BCUT2D eigenvalue weighted by Crippen LogP contribution is -2.51. The zero-order chi connectivity index (χ0) is 13.2. The van der Waals surface area contributed by atoms with Gasteiger partial charge in [-0.1, -0.05) is 6.42 Å². The van der Waals surface area contributed by atoms with Crippen LogP contribution in [0.15, 0.2) is 6.07 Å². The zero-order valence-corrected chi connectivity index (χ0v) is 12.4. The van der Waals surface area contributed by atoms with Gasteiger partial charge < -0.3 is 10.2 Å². The fourth-order valence-corrected chi connectivity index (χ4v) is 4.27. The summed E-state index contributed by atoms with van der Waals surface area (Å²) >= 11 is 1.74. The van der Waals surface area contributed by atoms with E-state index in [1.54, 1.807) is 11.3 Å². The summed E-state index contributed by atoms with van der Waals surface area (Å²) in [5, 5.41) is 3.38. The fourth-order valence-electron chi connectivity index (χ4n) is 3.05. The van der Waals surface area contributed by atoms with Crippen molar-refractivity contribution in [3.8, 4) is 0 Å². The third-order valence-electron chi connectivity index (χ3n) is 4.11. The number of carbonyl (C=O) groups is 1. The highest BCUT2D eigenvalue weighted by Crippen LogP contribution is 2.29. The Morgan fingerprint density at radius 2 is 2.21 bits per heavy atom. The molecule has 1 aliphatic heterocycles. The van der Waals surface area contributed by atoms with Crippen molar-refractivity contribution in [2.24, 2.45) is 0 Å². The molecule has 0 radical (unpaired) electrons. The first-order valence-corrected chi connectivity index (χ1v) is 8.20. The van der Waals surface area contributed by atoms with Crippen molar-refractivity contribution in [3.05, 3.63) is 21.4 Å². The molecule has 1 aliphatic carbocycles. The van der Waals surface area contributed by atoms with Crippen LogP contribution in [0.25, 0.3) is 0 Å². The second kappa shape index (κ2) is 5.63. The maximum Gasteiger partial charge on any atom is 0.264 e. The van der Waals surface area contributed by atoms with Crippen LogP contribution < -0.4 is 5.32 Å². The Balaban J connectivity index is 1.76. The van der Waals surface area contributed by atoms with E-state index in [-0.39, 0.29) is 5.91 Å². The van der Waals surface area contributed by atoms with E-state index >= 15 is 0 Å². The second-order valence-electron chi connectivity index (χ2n) is 5.73. The Kier molecular flexibility index (Phi) is 3.89. The standard InChI is InChI=1S/C15H22N2OS/c1-11-10-17(8-7-16-11)15(18)14-9-12-5-3-2-4-6-13(12)19-14/h9,11,16H,2-8,10H2,1H3/t11-/m0/s1. The highest BCUT2D eigenvalue weighted by Gasteiger charge is 2.24. The highest BCUT2D eigenvalue weighted by molar-refractivity contribution is 7.14. The van der Waals surface area contributed by atoms with Gasteiger partial charge in [0.15, 0.2) is 0 Å². The number of nitrogens with zero attached hydrogens (tertiary/aromatic N) is 1. The number of hydrogen-bond acceptors (Lipinski definition) is 3. The SMILES string of the molecule is C[C@H]1CN(C(=O)c2cc3c(s2)CCCCC3)CCN1. The van der Waals surface area contributed by atoms with E-state index in [2.05, 4.69) is 18.3 Å². The minimum atomic E-state index is 0.242. The van der Waals surface area contributed by atoms with Crippen LogP contribution in [0.3, 0.4) is 0 Å². The van der Waals surface area contributed by atoms with Gasteiger partial charge >= 0.3 is 0 Å². The van der Waals surface area contributed by atoms with Gasteiger partial charge in [0, 0.05) is 30.6 Å². The number of amides is 1. The van der Waals surface area contributed by atoms with Crippen LogP contribution in [0.4, 0.5) is 0 Å². The van der Waals surface area contributed by atoms with Gasteiger partial charge in [-0.2, -0.15) is 0 Å². The molecule has 0 unspecified atom stereocenters. The van der Waals surface area contributed by atoms with Crippen molar-refractivity contribution in [2.75, 3.05) is 19.6 Å². The molecule has 0 saturated carbocycles. The molecule has 1 amide bonds. The highest BCUT2D eigenvalue weighted by atomic mass is 32.1. The quantitative estimate of drug-likeness (QED) is 0.800. The predicted octanol–water partition coefficient (Wildman–Crippen LogP) is 2.45. The van der Waals surface area contributed by atoms with Gasteiger partial charge in [0.2, 0.25) is 0 Å². The summed E-state index contributed by atoms with van der Waals surface area (Å²) in [6, 6.07) is 2.58. The van der Waals surface area contributed by atoms with Crippen molar-refractivity contribution >= 4 is 17.2 Å². The molecule has 1 aromatic heterocycles. The topological polar surface area (TPSA) is 32.3 Å². The Hall–Kier alpha value is -0.870. The maximum atomic E-state index is 12.6. The van der Waals surface area contributed by atoms with Crippen LogP contribution >= 0.6 is 11.3 Å². The molecular weight excluding hydrogens is 256 g/mol. The van der Waals surface area contributed by atoms with Crippen LogP contribution in [0.5, 0.6) is 0 Å². The van der Waals surface area contributed by atoms with Crippen LogP contribution in [0.1, 0.15) is 46.3 Å². The fraction of sp³-hybridized carbons (Fsp3) is 0.667.